The maximum absolute atomic E-state index is 13.3. The van der Waals surface area contributed by atoms with Crippen LogP contribution in [0.1, 0.15) is 21.7 Å². The fraction of sp³-hybridized carbons (Fsp3) is 0.211. The molecule has 0 saturated carbocycles. The number of carbonyl (C=O) groups is 2. The smallest absolute Gasteiger partial charge is 0.449 e. The quantitative estimate of drug-likeness (QED) is 0.678. The van der Waals surface area contributed by atoms with E-state index in [1.807, 2.05) is 0 Å². The molecular weight excluding hydrogens is 375 g/mol. The molecule has 2 aromatic carbocycles. The normalized spacial score (nSPS) is 11.4. The van der Waals surface area contributed by atoms with Crippen LogP contribution in [0.4, 0.5) is 13.2 Å². The highest BCUT2D eigenvalue weighted by Crippen LogP contribution is 2.31. The van der Waals surface area contributed by atoms with E-state index in [4.69, 9.17) is 0 Å². The molecule has 6 nitrogen and oxygen atoms in total. The van der Waals surface area contributed by atoms with Crippen molar-refractivity contribution in [3.63, 3.8) is 0 Å². The summed E-state index contributed by atoms with van der Waals surface area (Å²) in [5.41, 5.74) is 1.44. The summed E-state index contributed by atoms with van der Waals surface area (Å²) in [7, 11) is 1.27. The highest BCUT2D eigenvalue weighted by atomic mass is 19.4. The SMILES string of the molecule is COC(=O)c1ccc(CNC(=O)Cn2c(C(F)(F)F)nc3ccccc32)cc1. The number of nitrogens with zero attached hydrogens (tertiary/aromatic N) is 2. The lowest BCUT2D eigenvalue weighted by molar-refractivity contribution is -0.147. The second-order valence-corrected chi connectivity index (χ2v) is 5.97. The van der Waals surface area contributed by atoms with E-state index in [2.05, 4.69) is 15.0 Å². The molecule has 0 fully saturated rings. The molecule has 28 heavy (non-hydrogen) atoms. The first-order valence-electron chi connectivity index (χ1n) is 8.26. The van der Waals surface area contributed by atoms with Crippen molar-refractivity contribution >= 4 is 22.9 Å². The third-order valence-corrected chi connectivity index (χ3v) is 4.07. The number of rotatable bonds is 5. The fourth-order valence-corrected chi connectivity index (χ4v) is 2.73. The van der Waals surface area contributed by atoms with Crippen LogP contribution in [0.15, 0.2) is 48.5 Å². The number of benzene rings is 2. The molecule has 3 aromatic rings. The van der Waals surface area contributed by atoms with Crippen LogP contribution in [-0.2, 0) is 28.8 Å². The van der Waals surface area contributed by atoms with Gasteiger partial charge in [0.25, 0.3) is 0 Å². The van der Waals surface area contributed by atoms with Crippen molar-refractivity contribution in [3.05, 3.63) is 65.5 Å². The highest BCUT2D eigenvalue weighted by Gasteiger charge is 2.37. The lowest BCUT2D eigenvalue weighted by Crippen LogP contribution is -2.29. The van der Waals surface area contributed by atoms with Gasteiger partial charge >= 0.3 is 12.1 Å². The first-order chi connectivity index (χ1) is 13.3. The summed E-state index contributed by atoms with van der Waals surface area (Å²) in [5.74, 6) is -2.20. The van der Waals surface area contributed by atoms with Gasteiger partial charge in [0.1, 0.15) is 6.54 Å². The molecule has 3 rings (SSSR count). The van der Waals surface area contributed by atoms with E-state index >= 15 is 0 Å². The van der Waals surface area contributed by atoms with E-state index in [0.29, 0.717) is 11.1 Å². The summed E-state index contributed by atoms with van der Waals surface area (Å²) in [4.78, 5) is 27.2. The Balaban J connectivity index is 1.72. The number of nitrogens with one attached hydrogen (secondary N) is 1. The van der Waals surface area contributed by atoms with Gasteiger partial charge in [-0.05, 0) is 29.8 Å². The third-order valence-electron chi connectivity index (χ3n) is 4.07. The summed E-state index contributed by atoms with van der Waals surface area (Å²) in [5, 5.41) is 2.57. The largest absolute Gasteiger partial charge is 0.465 e. The van der Waals surface area contributed by atoms with Gasteiger partial charge in [0.2, 0.25) is 11.7 Å². The van der Waals surface area contributed by atoms with Crippen LogP contribution >= 0.6 is 0 Å². The van der Waals surface area contributed by atoms with Crippen molar-refractivity contribution in [1.82, 2.24) is 14.9 Å². The van der Waals surface area contributed by atoms with Crippen LogP contribution in [0.3, 0.4) is 0 Å². The van der Waals surface area contributed by atoms with Gasteiger partial charge in [0.15, 0.2) is 0 Å². The van der Waals surface area contributed by atoms with Crippen LogP contribution in [0.5, 0.6) is 0 Å². The summed E-state index contributed by atoms with van der Waals surface area (Å²) < 4.78 is 45.3. The zero-order valence-electron chi connectivity index (χ0n) is 14.8. The molecule has 1 N–H and O–H groups in total. The maximum Gasteiger partial charge on any atom is 0.449 e. The second-order valence-electron chi connectivity index (χ2n) is 5.97. The van der Waals surface area contributed by atoms with Crippen molar-refractivity contribution in [1.29, 1.82) is 0 Å². The van der Waals surface area contributed by atoms with E-state index in [1.165, 1.54) is 19.2 Å². The first-order valence-corrected chi connectivity index (χ1v) is 8.26. The Hall–Kier alpha value is -3.36. The highest BCUT2D eigenvalue weighted by molar-refractivity contribution is 5.89. The Morgan fingerprint density at radius 1 is 1.11 bits per heavy atom. The number of amides is 1. The summed E-state index contributed by atoms with van der Waals surface area (Å²) in [6.07, 6.45) is -4.68. The molecular formula is C19H16F3N3O3. The number of carbonyl (C=O) groups excluding carboxylic acids is 2. The van der Waals surface area contributed by atoms with Gasteiger partial charge in [-0.2, -0.15) is 13.2 Å². The third kappa shape index (κ3) is 4.13. The molecule has 0 saturated heterocycles. The Morgan fingerprint density at radius 3 is 2.43 bits per heavy atom. The van der Waals surface area contributed by atoms with Gasteiger partial charge in [-0.1, -0.05) is 24.3 Å². The maximum atomic E-state index is 13.3. The summed E-state index contributed by atoms with van der Waals surface area (Å²) in [6, 6.07) is 12.4. The average molecular weight is 391 g/mol. The van der Waals surface area contributed by atoms with Crippen LogP contribution in [0, 0.1) is 0 Å². The topological polar surface area (TPSA) is 73.2 Å². The number of para-hydroxylation sites is 2. The number of fused-ring (bicyclic) bond motifs is 1. The van der Waals surface area contributed by atoms with Crippen LogP contribution in [-0.4, -0.2) is 28.5 Å². The monoisotopic (exact) mass is 391 g/mol. The minimum Gasteiger partial charge on any atom is -0.465 e. The van der Waals surface area contributed by atoms with Gasteiger partial charge in [-0.25, -0.2) is 9.78 Å². The molecule has 0 radical (unpaired) electrons. The Morgan fingerprint density at radius 2 is 1.79 bits per heavy atom. The predicted molar refractivity (Wildman–Crippen MR) is 94.4 cm³/mol. The van der Waals surface area contributed by atoms with Crippen molar-refractivity contribution in [2.24, 2.45) is 0 Å². The predicted octanol–water partition coefficient (Wildman–Crippen LogP) is 3.16. The molecule has 9 heteroatoms. The molecule has 0 spiro atoms. The number of esters is 1. The average Bonchev–Trinajstić information content (AvgIpc) is 3.05. The number of alkyl halides is 3. The number of hydrogen-bond donors (Lipinski definition) is 1. The van der Waals surface area contributed by atoms with Gasteiger partial charge in [-0.3, -0.25) is 4.79 Å². The van der Waals surface area contributed by atoms with Gasteiger partial charge in [0, 0.05) is 6.54 Å². The van der Waals surface area contributed by atoms with E-state index < -0.39 is 30.4 Å². The standard InChI is InChI=1S/C19H16F3N3O3/c1-28-17(27)13-8-6-12(7-9-13)10-23-16(26)11-25-15-5-3-2-4-14(15)24-18(25)19(20,21)22/h2-9H,10-11H2,1H3,(H,23,26). The minimum absolute atomic E-state index is 0.105. The molecule has 1 heterocycles. The first kappa shape index (κ1) is 19.4. The second kappa shape index (κ2) is 7.71. The van der Waals surface area contributed by atoms with Gasteiger partial charge in [0.05, 0.1) is 23.7 Å². The fourth-order valence-electron chi connectivity index (χ4n) is 2.73. The Bertz CT molecular complexity index is 1010. The number of hydrogen-bond acceptors (Lipinski definition) is 4. The number of imidazole rings is 1. The van der Waals surface area contributed by atoms with Gasteiger partial charge in [-0.15, -0.1) is 0 Å². The van der Waals surface area contributed by atoms with E-state index in [9.17, 15) is 22.8 Å². The molecule has 0 aliphatic heterocycles. The van der Waals surface area contributed by atoms with Crippen LogP contribution in [0.2, 0.25) is 0 Å². The molecule has 0 aliphatic rings. The molecule has 0 aliphatic carbocycles. The van der Waals surface area contributed by atoms with E-state index in [-0.39, 0.29) is 17.6 Å². The van der Waals surface area contributed by atoms with Crippen molar-refractivity contribution in [2.45, 2.75) is 19.3 Å². The van der Waals surface area contributed by atoms with Crippen molar-refractivity contribution in [2.75, 3.05) is 7.11 Å². The summed E-state index contributed by atoms with van der Waals surface area (Å²) >= 11 is 0. The molecule has 0 bridgehead atoms. The van der Waals surface area contributed by atoms with Crippen LogP contribution in [0.25, 0.3) is 11.0 Å². The van der Waals surface area contributed by atoms with E-state index in [0.717, 1.165) is 4.57 Å². The zero-order chi connectivity index (χ0) is 20.3. The van der Waals surface area contributed by atoms with E-state index in [1.54, 1.807) is 36.4 Å². The zero-order valence-corrected chi connectivity index (χ0v) is 14.8. The number of ether oxygens (including phenoxy) is 1. The molecule has 146 valence electrons. The Kier molecular flexibility index (Phi) is 5.34. The molecule has 1 amide bonds. The van der Waals surface area contributed by atoms with Crippen molar-refractivity contribution in [3.8, 4) is 0 Å². The summed E-state index contributed by atoms with van der Waals surface area (Å²) in [6.45, 7) is -0.413. The van der Waals surface area contributed by atoms with Crippen molar-refractivity contribution < 1.29 is 27.5 Å². The van der Waals surface area contributed by atoms with Crippen LogP contribution < -0.4 is 5.32 Å². The van der Waals surface area contributed by atoms with Gasteiger partial charge < -0.3 is 14.6 Å². The molecule has 0 atom stereocenters. The Labute approximate surface area is 157 Å². The number of methoxy groups -OCH3 is 1. The number of halogens is 3. The lowest BCUT2D eigenvalue weighted by Gasteiger charge is -2.12. The number of aromatic nitrogens is 2. The molecule has 0 unspecified atom stereocenters. The lowest BCUT2D eigenvalue weighted by atomic mass is 10.1. The minimum atomic E-state index is -4.68. The molecule has 1 aromatic heterocycles.